The standard InChI is InChI=1S/C16H17FN2O2/c1-3-21-16(20)15(14-10-18-8-7-11(14)2)19-13-6-4-5-12(17)9-13/h4-10,15,19H,3H2,1-2H3. The van der Waals surface area contributed by atoms with E-state index in [1.165, 1.54) is 12.1 Å². The zero-order chi connectivity index (χ0) is 15.2. The molecule has 5 heteroatoms. The summed E-state index contributed by atoms with van der Waals surface area (Å²) in [6.07, 6.45) is 3.27. The minimum absolute atomic E-state index is 0.277. The molecule has 0 aliphatic rings. The van der Waals surface area contributed by atoms with Gasteiger partial charge in [-0.1, -0.05) is 6.07 Å². The Labute approximate surface area is 123 Å². The average molecular weight is 288 g/mol. The Morgan fingerprint density at radius 3 is 2.90 bits per heavy atom. The zero-order valence-electron chi connectivity index (χ0n) is 12.0. The summed E-state index contributed by atoms with van der Waals surface area (Å²) in [6.45, 7) is 3.91. The molecule has 1 unspecified atom stereocenters. The van der Waals surface area contributed by atoms with Crippen LogP contribution in [0.2, 0.25) is 0 Å². The SMILES string of the molecule is CCOC(=O)C(Nc1cccc(F)c1)c1cnccc1C. The van der Waals surface area contributed by atoms with E-state index in [1.54, 1.807) is 31.5 Å². The van der Waals surface area contributed by atoms with Crippen molar-refractivity contribution in [3.05, 3.63) is 59.7 Å². The van der Waals surface area contributed by atoms with Crippen molar-refractivity contribution < 1.29 is 13.9 Å². The maximum atomic E-state index is 13.3. The Kier molecular flexibility index (Phi) is 4.87. The first-order valence-corrected chi connectivity index (χ1v) is 6.71. The molecule has 0 saturated heterocycles. The highest BCUT2D eigenvalue weighted by molar-refractivity contribution is 5.81. The predicted molar refractivity (Wildman–Crippen MR) is 78.4 cm³/mol. The Morgan fingerprint density at radius 2 is 2.24 bits per heavy atom. The quantitative estimate of drug-likeness (QED) is 0.858. The zero-order valence-corrected chi connectivity index (χ0v) is 12.0. The van der Waals surface area contributed by atoms with E-state index in [2.05, 4.69) is 10.3 Å². The van der Waals surface area contributed by atoms with Gasteiger partial charge < -0.3 is 10.1 Å². The molecule has 0 spiro atoms. The number of aromatic nitrogens is 1. The summed E-state index contributed by atoms with van der Waals surface area (Å²) < 4.78 is 18.4. The van der Waals surface area contributed by atoms with Crippen molar-refractivity contribution in [3.63, 3.8) is 0 Å². The second-order valence-electron chi connectivity index (χ2n) is 4.57. The lowest BCUT2D eigenvalue weighted by Crippen LogP contribution is -2.24. The topological polar surface area (TPSA) is 51.2 Å². The number of pyridine rings is 1. The monoisotopic (exact) mass is 288 g/mol. The molecule has 0 saturated carbocycles. The summed E-state index contributed by atoms with van der Waals surface area (Å²) >= 11 is 0. The minimum Gasteiger partial charge on any atom is -0.464 e. The lowest BCUT2D eigenvalue weighted by atomic mass is 10.0. The van der Waals surface area contributed by atoms with Crippen molar-refractivity contribution in [2.75, 3.05) is 11.9 Å². The smallest absolute Gasteiger partial charge is 0.333 e. The Bertz CT molecular complexity index is 631. The van der Waals surface area contributed by atoms with Gasteiger partial charge in [-0.15, -0.1) is 0 Å². The van der Waals surface area contributed by atoms with Gasteiger partial charge in [0.1, 0.15) is 5.82 Å². The van der Waals surface area contributed by atoms with E-state index in [0.29, 0.717) is 11.3 Å². The number of hydrogen-bond donors (Lipinski definition) is 1. The number of aryl methyl sites for hydroxylation is 1. The lowest BCUT2D eigenvalue weighted by molar-refractivity contribution is -0.144. The van der Waals surface area contributed by atoms with Crippen LogP contribution in [0.4, 0.5) is 10.1 Å². The van der Waals surface area contributed by atoms with Gasteiger partial charge in [0.05, 0.1) is 6.61 Å². The first-order chi connectivity index (χ1) is 10.1. The van der Waals surface area contributed by atoms with E-state index >= 15 is 0 Å². The van der Waals surface area contributed by atoms with E-state index in [4.69, 9.17) is 4.74 Å². The van der Waals surface area contributed by atoms with Crippen LogP contribution in [0.15, 0.2) is 42.7 Å². The Morgan fingerprint density at radius 1 is 1.43 bits per heavy atom. The molecule has 2 rings (SSSR count). The molecule has 0 amide bonds. The molecule has 0 aliphatic carbocycles. The lowest BCUT2D eigenvalue weighted by Gasteiger charge is -2.20. The third-order valence-corrected chi connectivity index (χ3v) is 3.05. The van der Waals surface area contributed by atoms with Gasteiger partial charge in [-0.25, -0.2) is 9.18 Å². The molecule has 1 N–H and O–H groups in total. The first-order valence-electron chi connectivity index (χ1n) is 6.71. The van der Waals surface area contributed by atoms with E-state index < -0.39 is 12.0 Å². The number of nitrogens with one attached hydrogen (secondary N) is 1. The summed E-state index contributed by atoms with van der Waals surface area (Å²) in [5.41, 5.74) is 2.13. The van der Waals surface area contributed by atoms with Gasteiger partial charge in [0.15, 0.2) is 6.04 Å². The molecule has 0 radical (unpaired) electrons. The minimum atomic E-state index is -0.722. The number of hydrogen-bond acceptors (Lipinski definition) is 4. The molecule has 1 aromatic carbocycles. The number of anilines is 1. The largest absolute Gasteiger partial charge is 0.464 e. The number of ether oxygens (including phenoxy) is 1. The molecule has 0 fully saturated rings. The fourth-order valence-corrected chi connectivity index (χ4v) is 2.01. The van der Waals surface area contributed by atoms with E-state index in [0.717, 1.165) is 5.56 Å². The van der Waals surface area contributed by atoms with Crippen LogP contribution in [0, 0.1) is 12.7 Å². The summed E-state index contributed by atoms with van der Waals surface area (Å²) in [5.74, 6) is -0.789. The maximum absolute atomic E-state index is 13.3. The molecule has 2 aromatic rings. The molecule has 0 bridgehead atoms. The summed E-state index contributed by atoms with van der Waals surface area (Å²) in [4.78, 5) is 16.2. The maximum Gasteiger partial charge on any atom is 0.333 e. The Balaban J connectivity index is 2.33. The molecular formula is C16H17FN2O2. The highest BCUT2D eigenvalue weighted by Gasteiger charge is 2.23. The second-order valence-corrected chi connectivity index (χ2v) is 4.57. The number of nitrogens with zero attached hydrogens (tertiary/aromatic N) is 1. The van der Waals surface area contributed by atoms with Crippen molar-refractivity contribution >= 4 is 11.7 Å². The van der Waals surface area contributed by atoms with Crippen molar-refractivity contribution in [3.8, 4) is 0 Å². The fraction of sp³-hybridized carbons (Fsp3) is 0.250. The van der Waals surface area contributed by atoms with Crippen LogP contribution >= 0.6 is 0 Å². The fourth-order valence-electron chi connectivity index (χ4n) is 2.01. The number of carbonyl (C=O) groups is 1. The molecule has 1 aromatic heterocycles. The number of rotatable bonds is 5. The van der Waals surface area contributed by atoms with Crippen molar-refractivity contribution in [2.24, 2.45) is 0 Å². The third-order valence-electron chi connectivity index (χ3n) is 3.05. The highest BCUT2D eigenvalue weighted by atomic mass is 19.1. The van der Waals surface area contributed by atoms with Crippen LogP contribution in [-0.4, -0.2) is 17.6 Å². The van der Waals surface area contributed by atoms with Crippen molar-refractivity contribution in [2.45, 2.75) is 19.9 Å². The van der Waals surface area contributed by atoms with Crippen LogP contribution in [-0.2, 0) is 9.53 Å². The van der Waals surface area contributed by atoms with Crippen LogP contribution in [0.5, 0.6) is 0 Å². The van der Waals surface area contributed by atoms with Gasteiger partial charge in [0.25, 0.3) is 0 Å². The van der Waals surface area contributed by atoms with Gasteiger partial charge in [-0.2, -0.15) is 0 Å². The second kappa shape index (κ2) is 6.83. The molecule has 1 atom stereocenters. The highest BCUT2D eigenvalue weighted by Crippen LogP contribution is 2.23. The third kappa shape index (κ3) is 3.78. The molecule has 110 valence electrons. The molecular weight excluding hydrogens is 271 g/mol. The van der Waals surface area contributed by atoms with Crippen molar-refractivity contribution in [1.29, 1.82) is 0 Å². The van der Waals surface area contributed by atoms with Gasteiger partial charge in [0.2, 0.25) is 0 Å². The number of benzene rings is 1. The van der Waals surface area contributed by atoms with Gasteiger partial charge in [0, 0.05) is 23.6 Å². The van der Waals surface area contributed by atoms with E-state index in [9.17, 15) is 9.18 Å². The van der Waals surface area contributed by atoms with E-state index in [1.807, 2.05) is 13.0 Å². The number of halogens is 1. The van der Waals surface area contributed by atoms with Gasteiger partial charge in [-0.3, -0.25) is 4.98 Å². The van der Waals surface area contributed by atoms with E-state index in [-0.39, 0.29) is 12.4 Å². The molecule has 0 aliphatic heterocycles. The van der Waals surface area contributed by atoms with Crippen LogP contribution in [0.1, 0.15) is 24.1 Å². The van der Waals surface area contributed by atoms with Crippen LogP contribution < -0.4 is 5.32 Å². The number of esters is 1. The van der Waals surface area contributed by atoms with Crippen LogP contribution in [0.25, 0.3) is 0 Å². The summed E-state index contributed by atoms with van der Waals surface area (Å²) in [5, 5.41) is 3.01. The van der Waals surface area contributed by atoms with Crippen LogP contribution in [0.3, 0.4) is 0 Å². The molecule has 4 nitrogen and oxygen atoms in total. The van der Waals surface area contributed by atoms with Crippen molar-refractivity contribution in [1.82, 2.24) is 4.98 Å². The molecule has 1 heterocycles. The Hall–Kier alpha value is -2.43. The average Bonchev–Trinajstić information content (AvgIpc) is 2.46. The summed E-state index contributed by atoms with van der Waals surface area (Å²) in [7, 11) is 0. The van der Waals surface area contributed by atoms with Gasteiger partial charge in [-0.05, 0) is 43.7 Å². The summed E-state index contributed by atoms with van der Waals surface area (Å²) in [6, 6.07) is 7.05. The number of carbonyl (C=O) groups excluding carboxylic acids is 1. The molecule has 21 heavy (non-hydrogen) atoms. The van der Waals surface area contributed by atoms with Gasteiger partial charge >= 0.3 is 5.97 Å². The normalized spacial score (nSPS) is 11.8. The predicted octanol–water partition coefficient (Wildman–Crippen LogP) is 3.25. The first kappa shape index (κ1) is 15.0.